The molecule has 1 aliphatic heterocycles. The summed E-state index contributed by atoms with van der Waals surface area (Å²) in [4.78, 5) is 0. The van der Waals surface area contributed by atoms with Crippen LogP contribution in [0.1, 0.15) is 47.8 Å². The Hall–Kier alpha value is -2.73. The van der Waals surface area contributed by atoms with Crippen LogP contribution in [0.25, 0.3) is 5.69 Å². The Morgan fingerprint density at radius 3 is 2.65 bits per heavy atom. The second kappa shape index (κ2) is 9.87. The molecular weight excluding hydrogens is 489 g/mol. The zero-order chi connectivity index (χ0) is 24.5. The third-order valence-electron chi connectivity index (χ3n) is 5.56. The highest BCUT2D eigenvalue weighted by Crippen LogP contribution is 2.46. The lowest BCUT2D eigenvalue weighted by molar-refractivity contribution is -0.00189. The number of methoxy groups -OCH3 is 2. The topological polar surface area (TPSA) is 113 Å². The average molecular weight is 512 g/mol. The molecule has 2 unspecified atom stereocenters. The number of alkyl halides is 1. The molecule has 2 heterocycles. The SMILES string of the molecule is COc1cccc(C2OC(CCCS(=O)(=O)O)c3nnc(CF)n3-c3ccc(Cl)cc32)c1OC. The van der Waals surface area contributed by atoms with Crippen molar-refractivity contribution in [2.45, 2.75) is 31.7 Å². The number of hydrogen-bond acceptors (Lipinski definition) is 7. The number of aromatic nitrogens is 3. The van der Waals surface area contributed by atoms with Gasteiger partial charge < -0.3 is 14.2 Å². The van der Waals surface area contributed by atoms with E-state index in [1.165, 1.54) is 14.2 Å². The van der Waals surface area contributed by atoms with Crippen molar-refractivity contribution in [3.05, 3.63) is 64.2 Å². The Labute approximate surface area is 201 Å². The van der Waals surface area contributed by atoms with Crippen molar-refractivity contribution in [1.82, 2.24) is 14.8 Å². The van der Waals surface area contributed by atoms with Crippen LogP contribution in [0.2, 0.25) is 5.02 Å². The van der Waals surface area contributed by atoms with E-state index in [-0.39, 0.29) is 18.7 Å². The molecule has 0 radical (unpaired) electrons. The summed E-state index contributed by atoms with van der Waals surface area (Å²) in [7, 11) is -1.14. The number of hydrogen-bond donors (Lipinski definition) is 1. The zero-order valence-electron chi connectivity index (χ0n) is 18.4. The third-order valence-corrected chi connectivity index (χ3v) is 6.60. The van der Waals surface area contributed by atoms with Crippen molar-refractivity contribution in [3.8, 4) is 17.2 Å². The van der Waals surface area contributed by atoms with E-state index >= 15 is 0 Å². The number of ether oxygens (including phenoxy) is 3. The van der Waals surface area contributed by atoms with Crippen LogP contribution in [0, 0.1) is 0 Å². The van der Waals surface area contributed by atoms with Gasteiger partial charge in [-0.05, 0) is 37.1 Å². The van der Waals surface area contributed by atoms with Crippen LogP contribution in [0.3, 0.4) is 0 Å². The van der Waals surface area contributed by atoms with E-state index in [0.717, 1.165) is 0 Å². The fourth-order valence-corrected chi connectivity index (χ4v) is 4.84. The van der Waals surface area contributed by atoms with Crippen molar-refractivity contribution >= 4 is 21.7 Å². The van der Waals surface area contributed by atoms with Gasteiger partial charge in [-0.15, -0.1) is 10.2 Å². The smallest absolute Gasteiger partial charge is 0.264 e. The van der Waals surface area contributed by atoms with E-state index in [1.807, 2.05) is 6.07 Å². The maximum absolute atomic E-state index is 13.9. The van der Waals surface area contributed by atoms with E-state index in [9.17, 15) is 17.4 Å². The van der Waals surface area contributed by atoms with Gasteiger partial charge in [0, 0.05) is 16.1 Å². The van der Waals surface area contributed by atoms with Gasteiger partial charge in [0.25, 0.3) is 10.1 Å². The monoisotopic (exact) mass is 511 g/mol. The molecule has 182 valence electrons. The highest BCUT2D eigenvalue weighted by Gasteiger charge is 2.35. The Kier molecular flexibility index (Phi) is 7.08. The first-order valence-corrected chi connectivity index (χ1v) is 12.4. The molecule has 0 fully saturated rings. The van der Waals surface area contributed by atoms with Crippen molar-refractivity contribution in [2.24, 2.45) is 0 Å². The first-order valence-electron chi connectivity index (χ1n) is 10.4. The third kappa shape index (κ3) is 4.74. The second-order valence-corrected chi connectivity index (χ2v) is 9.67. The summed E-state index contributed by atoms with van der Waals surface area (Å²) in [6.45, 7) is -0.875. The summed E-state index contributed by atoms with van der Waals surface area (Å²) >= 11 is 6.34. The highest BCUT2D eigenvalue weighted by molar-refractivity contribution is 7.85. The Bertz CT molecular complexity index is 1300. The maximum atomic E-state index is 13.9. The minimum Gasteiger partial charge on any atom is -0.493 e. The van der Waals surface area contributed by atoms with Crippen LogP contribution in [0.5, 0.6) is 11.5 Å². The highest BCUT2D eigenvalue weighted by atomic mass is 35.5. The molecule has 0 aliphatic carbocycles. The fraction of sp³-hybridized carbons (Fsp3) is 0.364. The summed E-state index contributed by atoms with van der Waals surface area (Å²) in [6, 6.07) is 10.5. The predicted molar refractivity (Wildman–Crippen MR) is 122 cm³/mol. The molecule has 1 N–H and O–H groups in total. The van der Waals surface area contributed by atoms with E-state index in [1.54, 1.807) is 34.9 Å². The normalized spacial score (nSPS) is 17.6. The zero-order valence-corrected chi connectivity index (χ0v) is 20.0. The first-order chi connectivity index (χ1) is 16.3. The van der Waals surface area contributed by atoms with Crippen LogP contribution in [-0.2, 0) is 21.5 Å². The predicted octanol–water partition coefficient (Wildman–Crippen LogP) is 4.24. The molecule has 0 saturated heterocycles. The van der Waals surface area contributed by atoms with Gasteiger partial charge in [-0.3, -0.25) is 9.12 Å². The molecule has 2 aromatic carbocycles. The molecule has 12 heteroatoms. The van der Waals surface area contributed by atoms with Gasteiger partial charge in [-0.2, -0.15) is 8.42 Å². The van der Waals surface area contributed by atoms with Crippen LogP contribution >= 0.6 is 11.6 Å². The standard InChI is InChI=1S/C22H23ClFN3O6S/c1-31-17-6-3-5-14(21(17)32-2)20-15-11-13(23)8-9-16(15)27-19(12-24)25-26-22(27)18(33-20)7-4-10-34(28,29)30/h3,5-6,8-9,11,18,20H,4,7,10,12H2,1-2H3,(H,28,29,30). The van der Waals surface area contributed by atoms with Crippen LogP contribution < -0.4 is 9.47 Å². The van der Waals surface area contributed by atoms with E-state index in [4.69, 9.17) is 25.8 Å². The quantitative estimate of drug-likeness (QED) is 0.447. The van der Waals surface area contributed by atoms with Gasteiger partial charge in [0.2, 0.25) is 0 Å². The van der Waals surface area contributed by atoms with Gasteiger partial charge in [0.05, 0.1) is 25.7 Å². The molecule has 0 bridgehead atoms. The number of halogens is 2. The van der Waals surface area contributed by atoms with E-state index < -0.39 is 34.8 Å². The average Bonchev–Trinajstić information content (AvgIpc) is 3.18. The molecular formula is C22H23ClFN3O6S. The minimum absolute atomic E-state index is 0.0696. The molecule has 3 aromatic rings. The Balaban J connectivity index is 1.90. The molecule has 1 aromatic heterocycles. The molecule has 0 saturated carbocycles. The summed E-state index contributed by atoms with van der Waals surface area (Å²) in [5.74, 6) is 0.864. The summed E-state index contributed by atoms with van der Waals surface area (Å²) in [5, 5.41) is 8.56. The minimum atomic E-state index is -4.17. The number of para-hydroxylation sites is 1. The molecule has 4 rings (SSSR count). The molecule has 0 spiro atoms. The van der Waals surface area contributed by atoms with Gasteiger partial charge in [-0.25, -0.2) is 4.39 Å². The molecule has 1 aliphatic rings. The number of fused-ring (bicyclic) bond motifs is 3. The van der Waals surface area contributed by atoms with Crippen LogP contribution in [-0.4, -0.2) is 47.7 Å². The van der Waals surface area contributed by atoms with E-state index in [2.05, 4.69) is 10.2 Å². The Morgan fingerprint density at radius 1 is 1.18 bits per heavy atom. The lowest BCUT2D eigenvalue weighted by atomic mass is 9.98. The Morgan fingerprint density at radius 2 is 1.97 bits per heavy atom. The van der Waals surface area contributed by atoms with Crippen molar-refractivity contribution in [2.75, 3.05) is 20.0 Å². The van der Waals surface area contributed by atoms with Crippen LogP contribution in [0.4, 0.5) is 4.39 Å². The lowest BCUT2D eigenvalue weighted by Gasteiger charge is -2.25. The molecule has 0 amide bonds. The van der Waals surface area contributed by atoms with Crippen molar-refractivity contribution in [1.29, 1.82) is 0 Å². The number of rotatable bonds is 8. The van der Waals surface area contributed by atoms with Gasteiger partial charge >= 0.3 is 0 Å². The number of nitrogens with zero attached hydrogens (tertiary/aromatic N) is 3. The summed E-state index contributed by atoms with van der Waals surface area (Å²) in [5.41, 5.74) is 1.82. The number of benzene rings is 2. The largest absolute Gasteiger partial charge is 0.493 e. The first kappa shape index (κ1) is 24.4. The molecule has 2 atom stereocenters. The van der Waals surface area contributed by atoms with Gasteiger partial charge in [-0.1, -0.05) is 23.7 Å². The van der Waals surface area contributed by atoms with E-state index in [0.29, 0.717) is 39.2 Å². The van der Waals surface area contributed by atoms with Crippen molar-refractivity contribution in [3.63, 3.8) is 0 Å². The summed E-state index contributed by atoms with van der Waals surface area (Å²) < 4.78 is 64.8. The van der Waals surface area contributed by atoms with Gasteiger partial charge in [0.15, 0.2) is 23.1 Å². The molecule has 9 nitrogen and oxygen atoms in total. The fourth-order valence-electron chi connectivity index (χ4n) is 4.13. The lowest BCUT2D eigenvalue weighted by Crippen LogP contribution is -2.14. The van der Waals surface area contributed by atoms with Crippen LogP contribution in [0.15, 0.2) is 36.4 Å². The molecule has 34 heavy (non-hydrogen) atoms. The summed E-state index contributed by atoms with van der Waals surface area (Å²) in [6.07, 6.45) is -1.26. The maximum Gasteiger partial charge on any atom is 0.264 e. The van der Waals surface area contributed by atoms with Crippen molar-refractivity contribution < 1.29 is 31.6 Å². The van der Waals surface area contributed by atoms with Gasteiger partial charge in [0.1, 0.15) is 18.9 Å². The second-order valence-electron chi connectivity index (χ2n) is 7.66.